The van der Waals surface area contributed by atoms with Crippen LogP contribution in [0.25, 0.3) is 54.7 Å². The maximum Gasteiger partial charge on any atom is 0.255 e. The van der Waals surface area contributed by atoms with Crippen LogP contribution in [0.1, 0.15) is 6.92 Å². The molecular weight excluding hydrogens is 418 g/mol. The van der Waals surface area contributed by atoms with Crippen molar-refractivity contribution in [3.63, 3.8) is 0 Å². The van der Waals surface area contributed by atoms with Crippen LogP contribution in [0.15, 0.2) is 97.7 Å². The van der Waals surface area contributed by atoms with Gasteiger partial charge < -0.3 is 4.74 Å². The number of methoxy groups -OCH3 is 1. The van der Waals surface area contributed by atoms with Crippen LogP contribution in [-0.4, -0.2) is 17.1 Å². The zero-order valence-electron chi connectivity index (χ0n) is 19.2. The van der Waals surface area contributed by atoms with Gasteiger partial charge in [0, 0.05) is 24.0 Å². The fourth-order valence-electron chi connectivity index (χ4n) is 5.00. The van der Waals surface area contributed by atoms with E-state index in [1.807, 2.05) is 12.4 Å². The third-order valence-electron chi connectivity index (χ3n) is 6.58. The first kappa shape index (κ1) is 20.3. The molecule has 0 aliphatic rings. The fraction of sp³-hybridized carbons (Fsp3) is 0.100. The lowest BCUT2D eigenvalue weighted by Crippen LogP contribution is -2.32. The number of benzene rings is 4. The molecule has 6 rings (SSSR count). The fourth-order valence-corrected chi connectivity index (χ4v) is 5.00. The zero-order valence-corrected chi connectivity index (χ0v) is 19.2. The molecule has 0 saturated carbocycles. The zero-order chi connectivity index (χ0) is 23.1. The van der Waals surface area contributed by atoms with Gasteiger partial charge in [-0.15, -0.1) is 0 Å². The lowest BCUT2D eigenvalue weighted by Gasteiger charge is -2.16. The summed E-state index contributed by atoms with van der Waals surface area (Å²) < 4.78 is 8.03. The molecule has 6 aromatic rings. The van der Waals surface area contributed by atoms with Gasteiger partial charge in [-0.25, -0.2) is 9.97 Å². The van der Waals surface area contributed by atoms with Gasteiger partial charge in [0.15, 0.2) is 11.9 Å². The first-order chi connectivity index (χ1) is 16.8. The molecule has 0 unspecified atom stereocenters. The minimum Gasteiger partial charge on any atom is -0.490 e. The number of ether oxygens (including phenoxy) is 1. The molecule has 0 atom stereocenters. The van der Waals surface area contributed by atoms with E-state index >= 15 is 0 Å². The van der Waals surface area contributed by atoms with Crippen LogP contribution in [0, 0.1) is 0 Å². The van der Waals surface area contributed by atoms with Crippen molar-refractivity contribution in [2.24, 2.45) is 0 Å². The number of aryl methyl sites for hydroxylation is 1. The van der Waals surface area contributed by atoms with Crippen molar-refractivity contribution in [1.82, 2.24) is 9.97 Å². The van der Waals surface area contributed by atoms with E-state index in [1.54, 1.807) is 13.4 Å². The van der Waals surface area contributed by atoms with Crippen LogP contribution in [0.5, 0.6) is 5.75 Å². The largest absolute Gasteiger partial charge is 0.490 e. The molecule has 4 heteroatoms. The second-order valence-electron chi connectivity index (χ2n) is 8.41. The summed E-state index contributed by atoms with van der Waals surface area (Å²) in [5.74, 6) is 0.882. The summed E-state index contributed by atoms with van der Waals surface area (Å²) in [7, 11) is 1.74. The molecule has 164 valence electrons. The number of pyridine rings is 1. The van der Waals surface area contributed by atoms with Gasteiger partial charge in [0.1, 0.15) is 12.9 Å². The van der Waals surface area contributed by atoms with Crippen LogP contribution in [0.2, 0.25) is 0 Å². The predicted octanol–water partition coefficient (Wildman–Crippen LogP) is 6.59. The van der Waals surface area contributed by atoms with Crippen molar-refractivity contribution in [3.05, 3.63) is 97.7 Å². The second-order valence-corrected chi connectivity index (χ2v) is 8.41. The summed E-state index contributed by atoms with van der Waals surface area (Å²) >= 11 is 0. The van der Waals surface area contributed by atoms with Crippen LogP contribution >= 0.6 is 0 Å². The monoisotopic (exact) mass is 442 g/mol. The van der Waals surface area contributed by atoms with Crippen LogP contribution in [0.3, 0.4) is 0 Å². The first-order valence-electron chi connectivity index (χ1n) is 11.5. The number of rotatable bonds is 4. The van der Waals surface area contributed by atoms with Gasteiger partial charge in [-0.3, -0.25) is 0 Å². The molecule has 0 radical (unpaired) electrons. The molecular formula is C30H24N3O+. The molecule has 0 aliphatic heterocycles. The molecule has 34 heavy (non-hydrogen) atoms. The molecule has 4 nitrogen and oxygen atoms in total. The minimum atomic E-state index is 0.867. The van der Waals surface area contributed by atoms with Crippen LogP contribution < -0.4 is 9.30 Å². The Morgan fingerprint density at radius 2 is 1.56 bits per heavy atom. The molecule has 0 amide bonds. The molecule has 0 fully saturated rings. The Morgan fingerprint density at radius 3 is 2.38 bits per heavy atom. The van der Waals surface area contributed by atoms with Crippen LogP contribution in [-0.2, 0) is 6.54 Å². The van der Waals surface area contributed by atoms with Gasteiger partial charge >= 0.3 is 0 Å². The van der Waals surface area contributed by atoms with Crippen molar-refractivity contribution in [2.75, 3.05) is 7.11 Å². The molecule has 0 aliphatic carbocycles. The van der Waals surface area contributed by atoms with E-state index in [1.165, 1.54) is 38.1 Å². The number of nitrogens with zero attached hydrogens (tertiary/aromatic N) is 3. The molecule has 0 saturated heterocycles. The normalized spacial score (nSPS) is 11.4. The molecule has 2 aromatic heterocycles. The van der Waals surface area contributed by atoms with Crippen LogP contribution in [0.4, 0.5) is 0 Å². The lowest BCUT2D eigenvalue weighted by atomic mass is 9.88. The van der Waals surface area contributed by atoms with Crippen molar-refractivity contribution in [2.45, 2.75) is 13.5 Å². The summed E-state index contributed by atoms with van der Waals surface area (Å²) in [6.45, 7) is 3.03. The minimum absolute atomic E-state index is 0.867. The van der Waals surface area contributed by atoms with E-state index in [4.69, 9.17) is 4.74 Å². The highest BCUT2D eigenvalue weighted by Crippen LogP contribution is 2.42. The Morgan fingerprint density at radius 1 is 0.765 bits per heavy atom. The Labute approximate surface area is 198 Å². The SMILES string of the molecule is CC[n+]1cccc2c(-c3c4ccccc4cc4ccc(-c5cncnc5)cc34)ccc(OC)c21. The molecule has 0 N–H and O–H groups in total. The number of aromatic nitrogens is 3. The molecule has 4 aromatic carbocycles. The van der Waals surface area contributed by atoms with Gasteiger partial charge in [-0.1, -0.05) is 36.4 Å². The highest BCUT2D eigenvalue weighted by molar-refractivity contribution is 6.17. The average molecular weight is 443 g/mol. The number of hydrogen-bond donors (Lipinski definition) is 0. The maximum absolute atomic E-state index is 5.78. The Hall–Kier alpha value is -4.31. The van der Waals surface area contributed by atoms with E-state index in [2.05, 4.69) is 100 Å². The third kappa shape index (κ3) is 3.19. The summed E-state index contributed by atoms with van der Waals surface area (Å²) in [5, 5.41) is 6.05. The third-order valence-corrected chi connectivity index (χ3v) is 6.58. The first-order valence-corrected chi connectivity index (χ1v) is 11.5. The highest BCUT2D eigenvalue weighted by atomic mass is 16.5. The topological polar surface area (TPSA) is 38.9 Å². The summed E-state index contributed by atoms with van der Waals surface area (Å²) in [6, 6.07) is 26.1. The van der Waals surface area contributed by atoms with E-state index in [0.29, 0.717) is 0 Å². The standard InChI is InChI=1S/C30H24N3O/c1-3-33-14-6-9-26-25(12-13-28(34-2)30(26)33)29-24-8-5-4-7-21(24)15-22-11-10-20(16-27(22)29)23-17-31-19-32-18-23/h4-19H,3H2,1-2H3/q+1. The Balaban J connectivity index is 1.77. The summed E-state index contributed by atoms with van der Waals surface area (Å²) in [4.78, 5) is 8.45. The summed E-state index contributed by atoms with van der Waals surface area (Å²) in [6.07, 6.45) is 7.41. The highest BCUT2D eigenvalue weighted by Gasteiger charge is 2.20. The number of fused-ring (bicyclic) bond motifs is 3. The van der Waals surface area contributed by atoms with Gasteiger partial charge in [-0.05, 0) is 75.5 Å². The number of hydrogen-bond acceptors (Lipinski definition) is 3. The second kappa shape index (κ2) is 8.23. The van der Waals surface area contributed by atoms with E-state index < -0.39 is 0 Å². The van der Waals surface area contributed by atoms with Gasteiger partial charge in [0.25, 0.3) is 5.52 Å². The van der Waals surface area contributed by atoms with Gasteiger partial charge in [-0.2, -0.15) is 4.57 Å². The van der Waals surface area contributed by atoms with Gasteiger partial charge in [0.2, 0.25) is 0 Å². The Bertz CT molecular complexity index is 1670. The van der Waals surface area contributed by atoms with Crippen molar-refractivity contribution >= 4 is 32.4 Å². The van der Waals surface area contributed by atoms with Gasteiger partial charge in [0.05, 0.1) is 12.5 Å². The van der Waals surface area contributed by atoms with Crippen molar-refractivity contribution in [3.8, 4) is 28.0 Å². The van der Waals surface area contributed by atoms with Crippen molar-refractivity contribution in [1.29, 1.82) is 0 Å². The van der Waals surface area contributed by atoms with E-state index in [0.717, 1.165) is 28.9 Å². The molecule has 0 bridgehead atoms. The molecule has 0 spiro atoms. The van der Waals surface area contributed by atoms with Crippen molar-refractivity contribution < 1.29 is 9.30 Å². The molecule has 2 heterocycles. The van der Waals surface area contributed by atoms with E-state index in [-0.39, 0.29) is 0 Å². The quantitative estimate of drug-likeness (QED) is 0.228. The lowest BCUT2D eigenvalue weighted by molar-refractivity contribution is -0.668. The Kier molecular flexibility index (Phi) is 4.92. The summed E-state index contributed by atoms with van der Waals surface area (Å²) in [5.41, 5.74) is 5.65. The maximum atomic E-state index is 5.78. The average Bonchev–Trinajstić information content (AvgIpc) is 2.91. The van der Waals surface area contributed by atoms with E-state index in [9.17, 15) is 0 Å². The smallest absolute Gasteiger partial charge is 0.255 e. The predicted molar refractivity (Wildman–Crippen MR) is 138 cm³/mol.